The van der Waals surface area contributed by atoms with Gasteiger partial charge in [0.1, 0.15) is 0 Å². The fraction of sp³-hybridized carbons (Fsp3) is 0.625. The summed E-state index contributed by atoms with van der Waals surface area (Å²) in [6.45, 7) is 1.67. The van der Waals surface area contributed by atoms with Gasteiger partial charge in [0.15, 0.2) is 0 Å². The topological polar surface area (TPSA) is 21.3 Å². The molecule has 1 saturated heterocycles. The zero-order valence-corrected chi connectivity index (χ0v) is 11.6. The first-order valence-electron chi connectivity index (χ1n) is 7.45. The van der Waals surface area contributed by atoms with Crippen LogP contribution in [-0.4, -0.2) is 18.7 Å². The van der Waals surface area contributed by atoms with Crippen molar-refractivity contribution in [2.24, 2.45) is 0 Å². The number of hydrogen-bond donors (Lipinski definition) is 1. The predicted octanol–water partition coefficient (Wildman–Crippen LogP) is 3.99. The molecular formula is C16H21F2NO. The van der Waals surface area contributed by atoms with Crippen molar-refractivity contribution in [3.05, 3.63) is 35.4 Å². The van der Waals surface area contributed by atoms with Gasteiger partial charge in [-0.15, -0.1) is 0 Å². The van der Waals surface area contributed by atoms with Gasteiger partial charge in [-0.3, -0.25) is 0 Å². The third kappa shape index (κ3) is 2.86. The molecule has 1 atom stereocenters. The molecule has 1 heterocycles. The largest absolute Gasteiger partial charge is 0.364 e. The van der Waals surface area contributed by atoms with E-state index >= 15 is 0 Å². The van der Waals surface area contributed by atoms with E-state index in [0.29, 0.717) is 0 Å². The molecule has 2 fully saturated rings. The summed E-state index contributed by atoms with van der Waals surface area (Å²) in [7, 11) is 0. The highest BCUT2D eigenvalue weighted by Crippen LogP contribution is 2.38. The van der Waals surface area contributed by atoms with Gasteiger partial charge in [0.25, 0.3) is 6.43 Å². The molecule has 1 aliphatic heterocycles. The first-order valence-corrected chi connectivity index (χ1v) is 7.45. The fourth-order valence-electron chi connectivity index (χ4n) is 3.35. The fourth-order valence-corrected chi connectivity index (χ4v) is 3.35. The number of nitrogens with one attached hydrogen (secondary N) is 1. The second-order valence-corrected chi connectivity index (χ2v) is 5.95. The zero-order valence-electron chi connectivity index (χ0n) is 11.6. The molecule has 0 aromatic heterocycles. The van der Waals surface area contributed by atoms with Crippen molar-refractivity contribution in [3.8, 4) is 0 Å². The molecule has 110 valence electrons. The maximum absolute atomic E-state index is 12.6. The summed E-state index contributed by atoms with van der Waals surface area (Å²) < 4.78 is 31.5. The van der Waals surface area contributed by atoms with Crippen molar-refractivity contribution < 1.29 is 13.5 Å². The molecule has 4 heteroatoms. The summed E-state index contributed by atoms with van der Waals surface area (Å²) in [5.74, 6) is 0. The van der Waals surface area contributed by atoms with Crippen molar-refractivity contribution >= 4 is 0 Å². The van der Waals surface area contributed by atoms with Gasteiger partial charge in [0.2, 0.25) is 0 Å². The van der Waals surface area contributed by atoms with Crippen LogP contribution in [0.5, 0.6) is 0 Å². The molecule has 1 unspecified atom stereocenters. The Morgan fingerprint density at radius 3 is 2.45 bits per heavy atom. The van der Waals surface area contributed by atoms with Crippen LogP contribution in [0.1, 0.15) is 55.8 Å². The molecule has 1 spiro atoms. The number of rotatable bonds is 2. The van der Waals surface area contributed by atoms with Crippen LogP contribution in [-0.2, 0) is 4.74 Å². The minimum atomic E-state index is -2.40. The predicted molar refractivity (Wildman–Crippen MR) is 73.9 cm³/mol. The summed E-state index contributed by atoms with van der Waals surface area (Å²) in [6, 6.07) is 6.56. The molecular weight excluding hydrogens is 260 g/mol. The lowest BCUT2D eigenvalue weighted by Crippen LogP contribution is -2.51. The Kier molecular flexibility index (Phi) is 4.03. The van der Waals surface area contributed by atoms with Crippen LogP contribution in [0.25, 0.3) is 0 Å². The molecule has 1 N–H and O–H groups in total. The van der Waals surface area contributed by atoms with Crippen LogP contribution in [0.4, 0.5) is 8.78 Å². The molecule has 2 nitrogen and oxygen atoms in total. The Morgan fingerprint density at radius 1 is 1.10 bits per heavy atom. The third-order valence-corrected chi connectivity index (χ3v) is 4.49. The van der Waals surface area contributed by atoms with Gasteiger partial charge in [-0.2, -0.15) is 0 Å². The second kappa shape index (κ2) is 5.78. The highest BCUT2D eigenvalue weighted by atomic mass is 19.3. The van der Waals surface area contributed by atoms with E-state index in [9.17, 15) is 8.78 Å². The lowest BCUT2D eigenvalue weighted by atomic mass is 9.83. The number of alkyl halides is 2. The van der Waals surface area contributed by atoms with Crippen LogP contribution in [0.15, 0.2) is 24.3 Å². The molecule has 0 amide bonds. The van der Waals surface area contributed by atoms with Gasteiger partial charge >= 0.3 is 0 Å². The number of benzene rings is 1. The molecule has 1 aromatic rings. The van der Waals surface area contributed by atoms with Crippen molar-refractivity contribution in [1.82, 2.24) is 5.32 Å². The number of halogens is 2. The standard InChI is InChI=1S/C16H21F2NO/c17-15(18)13-6-4-12(5-7-13)14-10-19-11-16(20-14)8-2-1-3-9-16/h4-7,14-15,19H,1-3,8-11H2. The van der Waals surface area contributed by atoms with Crippen molar-refractivity contribution in [3.63, 3.8) is 0 Å². The van der Waals surface area contributed by atoms with Gasteiger partial charge in [0.05, 0.1) is 11.7 Å². The van der Waals surface area contributed by atoms with Crippen molar-refractivity contribution in [2.45, 2.75) is 50.2 Å². The average molecular weight is 281 g/mol. The Bertz CT molecular complexity index is 435. The van der Waals surface area contributed by atoms with E-state index in [-0.39, 0.29) is 17.3 Å². The van der Waals surface area contributed by atoms with Gasteiger partial charge < -0.3 is 10.1 Å². The van der Waals surface area contributed by atoms with Gasteiger partial charge in [0, 0.05) is 18.7 Å². The molecule has 1 saturated carbocycles. The number of morpholine rings is 1. The summed E-state index contributed by atoms with van der Waals surface area (Å²) in [4.78, 5) is 0. The molecule has 1 aliphatic carbocycles. The maximum atomic E-state index is 12.6. The first kappa shape index (κ1) is 14.0. The van der Waals surface area contributed by atoms with Gasteiger partial charge in [-0.25, -0.2) is 8.78 Å². The van der Waals surface area contributed by atoms with E-state index in [1.807, 2.05) is 0 Å². The van der Waals surface area contributed by atoms with Crippen LogP contribution in [0.2, 0.25) is 0 Å². The van der Waals surface area contributed by atoms with Crippen LogP contribution >= 0.6 is 0 Å². The summed E-state index contributed by atoms with van der Waals surface area (Å²) in [5.41, 5.74) is 1.03. The Labute approximate surface area is 118 Å². The Balaban J connectivity index is 1.73. The van der Waals surface area contributed by atoms with Gasteiger partial charge in [-0.1, -0.05) is 43.5 Å². The van der Waals surface area contributed by atoms with E-state index in [2.05, 4.69) is 5.32 Å². The lowest BCUT2D eigenvalue weighted by Gasteiger charge is -2.44. The third-order valence-electron chi connectivity index (χ3n) is 4.49. The monoisotopic (exact) mass is 281 g/mol. The average Bonchev–Trinajstić information content (AvgIpc) is 2.48. The highest BCUT2D eigenvalue weighted by Gasteiger charge is 2.38. The number of hydrogen-bond acceptors (Lipinski definition) is 2. The maximum Gasteiger partial charge on any atom is 0.263 e. The smallest absolute Gasteiger partial charge is 0.263 e. The highest BCUT2D eigenvalue weighted by molar-refractivity contribution is 5.25. The van der Waals surface area contributed by atoms with Crippen LogP contribution in [0.3, 0.4) is 0 Å². The first-order chi connectivity index (χ1) is 9.69. The summed E-state index contributed by atoms with van der Waals surface area (Å²) in [5, 5.41) is 3.46. The Hall–Kier alpha value is -1.00. The molecule has 1 aromatic carbocycles. The molecule has 3 rings (SSSR count). The molecule has 2 aliphatic rings. The van der Waals surface area contributed by atoms with Crippen LogP contribution in [0, 0.1) is 0 Å². The zero-order chi connectivity index (χ0) is 14.0. The molecule has 0 bridgehead atoms. The second-order valence-electron chi connectivity index (χ2n) is 5.95. The molecule has 0 radical (unpaired) electrons. The SMILES string of the molecule is FC(F)c1ccc(C2CNCC3(CCCCC3)O2)cc1. The molecule has 20 heavy (non-hydrogen) atoms. The minimum absolute atomic E-state index is 0.0198. The van der Waals surface area contributed by atoms with E-state index < -0.39 is 6.43 Å². The lowest BCUT2D eigenvalue weighted by molar-refractivity contribution is -0.135. The van der Waals surface area contributed by atoms with E-state index in [1.54, 1.807) is 12.1 Å². The summed E-state index contributed by atoms with van der Waals surface area (Å²) >= 11 is 0. The van der Waals surface area contributed by atoms with E-state index in [1.165, 1.54) is 31.4 Å². The van der Waals surface area contributed by atoms with E-state index in [0.717, 1.165) is 31.5 Å². The van der Waals surface area contributed by atoms with Gasteiger partial charge in [-0.05, 0) is 18.4 Å². The Morgan fingerprint density at radius 2 is 1.80 bits per heavy atom. The van der Waals surface area contributed by atoms with Crippen LogP contribution < -0.4 is 5.32 Å². The summed E-state index contributed by atoms with van der Waals surface area (Å²) in [6.07, 6.45) is 3.51. The van der Waals surface area contributed by atoms with Crippen molar-refractivity contribution in [1.29, 1.82) is 0 Å². The van der Waals surface area contributed by atoms with Crippen molar-refractivity contribution in [2.75, 3.05) is 13.1 Å². The number of ether oxygens (including phenoxy) is 1. The normalized spacial score (nSPS) is 26.1. The van der Waals surface area contributed by atoms with E-state index in [4.69, 9.17) is 4.74 Å². The quantitative estimate of drug-likeness (QED) is 0.885. The minimum Gasteiger partial charge on any atom is -0.364 e.